The molecular weight excluding hydrogens is 437 g/mol. The molecule has 0 radical (unpaired) electrons. The van der Waals surface area contributed by atoms with Crippen molar-refractivity contribution in [2.45, 2.75) is 27.3 Å². The summed E-state index contributed by atoms with van der Waals surface area (Å²) in [5.41, 5.74) is 3.99. The van der Waals surface area contributed by atoms with E-state index in [0.717, 1.165) is 32.8 Å². The minimum absolute atomic E-state index is 0.0305. The number of aromatic nitrogens is 1. The summed E-state index contributed by atoms with van der Waals surface area (Å²) in [6, 6.07) is 14.4. The van der Waals surface area contributed by atoms with E-state index in [1.807, 2.05) is 45.0 Å². The minimum Gasteiger partial charge on any atom is -0.340 e. The molecule has 0 aliphatic carbocycles. The van der Waals surface area contributed by atoms with Crippen LogP contribution in [0.15, 0.2) is 64.2 Å². The van der Waals surface area contributed by atoms with Gasteiger partial charge in [0.1, 0.15) is 10.9 Å². The Bertz CT molecular complexity index is 1400. The summed E-state index contributed by atoms with van der Waals surface area (Å²) in [7, 11) is 0. The maximum absolute atomic E-state index is 13.4. The van der Waals surface area contributed by atoms with Crippen LogP contribution in [0.1, 0.15) is 30.7 Å². The molecule has 2 aliphatic rings. The Balaban J connectivity index is 1.60. The third-order valence-corrected chi connectivity index (χ3v) is 7.00. The van der Waals surface area contributed by atoms with Crippen molar-refractivity contribution in [2.24, 2.45) is 16.0 Å². The van der Waals surface area contributed by atoms with Crippen LogP contribution in [0.2, 0.25) is 0 Å². The molecule has 0 fully saturated rings. The Morgan fingerprint density at radius 3 is 2.61 bits per heavy atom. The number of aliphatic imine (C=N–C) groups is 1. The molecule has 0 saturated carbocycles. The van der Waals surface area contributed by atoms with Gasteiger partial charge in [0.15, 0.2) is 5.84 Å². The molecule has 5 rings (SSSR count). The van der Waals surface area contributed by atoms with Crippen LogP contribution < -0.4 is 0 Å². The third-order valence-electron chi connectivity index (χ3n) is 5.79. The first kappa shape index (κ1) is 21.3. The molecule has 3 heterocycles. The second-order valence-electron chi connectivity index (χ2n) is 8.34. The fourth-order valence-corrected chi connectivity index (χ4v) is 4.89. The highest BCUT2D eigenvalue weighted by molar-refractivity contribution is 8.27. The van der Waals surface area contributed by atoms with E-state index >= 15 is 0 Å². The molecule has 0 bridgehead atoms. The van der Waals surface area contributed by atoms with Crippen molar-refractivity contribution in [3.8, 4) is 0 Å². The van der Waals surface area contributed by atoms with Crippen LogP contribution in [0.3, 0.4) is 0 Å². The van der Waals surface area contributed by atoms with E-state index in [4.69, 9.17) is 5.41 Å². The van der Waals surface area contributed by atoms with E-state index in [1.54, 1.807) is 18.2 Å². The topological polar surface area (TPSA) is 73.8 Å². The molecule has 3 aromatic rings. The number of nitrogens with one attached hydrogen (secondary N) is 1. The molecule has 2 aliphatic heterocycles. The molecule has 166 valence electrons. The maximum Gasteiger partial charge on any atom is 0.283 e. The van der Waals surface area contributed by atoms with E-state index in [1.165, 1.54) is 28.9 Å². The van der Waals surface area contributed by atoms with Gasteiger partial charge in [0, 0.05) is 34.6 Å². The number of fused-ring (bicyclic) bond motifs is 2. The van der Waals surface area contributed by atoms with Gasteiger partial charge in [-0.2, -0.15) is 15.1 Å². The first-order valence-electron chi connectivity index (χ1n) is 10.7. The number of hydrazone groups is 1. The predicted octanol–water partition coefficient (Wildman–Crippen LogP) is 5.41. The number of amides is 1. The lowest BCUT2D eigenvalue weighted by Gasteiger charge is -2.20. The monoisotopic (exact) mass is 459 g/mol. The largest absolute Gasteiger partial charge is 0.340 e. The first-order valence-corrected chi connectivity index (χ1v) is 11.5. The van der Waals surface area contributed by atoms with Gasteiger partial charge in [0.05, 0.1) is 5.57 Å². The summed E-state index contributed by atoms with van der Waals surface area (Å²) in [5.74, 6) is -0.488. The highest BCUT2D eigenvalue weighted by atomic mass is 32.2. The molecule has 0 atom stereocenters. The number of hydrogen-bond donors (Lipinski definition) is 1. The second kappa shape index (κ2) is 8.12. The average Bonchev–Trinajstić information content (AvgIpc) is 3.33. The minimum atomic E-state index is -0.436. The van der Waals surface area contributed by atoms with E-state index < -0.39 is 5.91 Å². The summed E-state index contributed by atoms with van der Waals surface area (Å²) in [5, 5.41) is 16.8. The molecule has 8 heteroatoms. The lowest BCUT2D eigenvalue weighted by atomic mass is 10.1. The number of para-hydroxylation sites is 1. The van der Waals surface area contributed by atoms with Crippen molar-refractivity contribution in [2.75, 3.05) is 0 Å². The number of nitrogens with zero attached hydrogens (tertiary/aromatic N) is 4. The SMILES string of the molecule is Cc1c(/C=C2/C(=N)N3N=C(C(C)C)SC3=NC2=O)c2ccccc2n1Cc1ccc(F)cc1. The van der Waals surface area contributed by atoms with E-state index in [9.17, 15) is 9.18 Å². The highest BCUT2D eigenvalue weighted by Crippen LogP contribution is 2.33. The summed E-state index contributed by atoms with van der Waals surface area (Å²) in [6.45, 7) is 6.59. The van der Waals surface area contributed by atoms with Gasteiger partial charge in [-0.25, -0.2) is 4.39 Å². The normalized spacial score (nSPS) is 17.2. The zero-order valence-corrected chi connectivity index (χ0v) is 19.3. The smallest absolute Gasteiger partial charge is 0.283 e. The summed E-state index contributed by atoms with van der Waals surface area (Å²) < 4.78 is 15.5. The molecule has 0 unspecified atom stereocenters. The summed E-state index contributed by atoms with van der Waals surface area (Å²) in [4.78, 5) is 17.1. The van der Waals surface area contributed by atoms with Crippen molar-refractivity contribution < 1.29 is 9.18 Å². The Kier molecular flexibility index (Phi) is 5.25. The highest BCUT2D eigenvalue weighted by Gasteiger charge is 2.36. The molecule has 1 aromatic heterocycles. The number of halogens is 1. The number of benzene rings is 2. The fourth-order valence-electron chi connectivity index (χ4n) is 4.00. The third kappa shape index (κ3) is 3.70. The van der Waals surface area contributed by atoms with Gasteiger partial charge in [0.25, 0.3) is 5.91 Å². The van der Waals surface area contributed by atoms with E-state index in [-0.39, 0.29) is 23.1 Å². The summed E-state index contributed by atoms with van der Waals surface area (Å²) >= 11 is 1.34. The van der Waals surface area contributed by atoms with Crippen LogP contribution in [0.25, 0.3) is 17.0 Å². The lowest BCUT2D eigenvalue weighted by Crippen LogP contribution is -2.35. The van der Waals surface area contributed by atoms with Gasteiger partial charge in [0.2, 0.25) is 5.17 Å². The van der Waals surface area contributed by atoms with Gasteiger partial charge in [-0.3, -0.25) is 10.2 Å². The van der Waals surface area contributed by atoms with Crippen LogP contribution in [-0.2, 0) is 11.3 Å². The number of carbonyl (C=O) groups excluding carboxylic acids is 1. The second-order valence-corrected chi connectivity index (χ2v) is 9.33. The van der Waals surface area contributed by atoms with Crippen LogP contribution in [0, 0.1) is 24.1 Å². The number of amidine groups is 2. The number of rotatable bonds is 4. The van der Waals surface area contributed by atoms with Gasteiger partial charge in [-0.05, 0) is 48.5 Å². The molecule has 6 nitrogen and oxygen atoms in total. The Morgan fingerprint density at radius 1 is 1.15 bits per heavy atom. The van der Waals surface area contributed by atoms with Crippen molar-refractivity contribution in [3.05, 3.63) is 76.7 Å². The molecule has 2 aromatic carbocycles. The predicted molar refractivity (Wildman–Crippen MR) is 132 cm³/mol. The Labute approximate surface area is 195 Å². The quantitative estimate of drug-likeness (QED) is 0.530. The van der Waals surface area contributed by atoms with E-state index in [2.05, 4.69) is 14.7 Å². The molecular formula is C25H22FN5OS. The first-order chi connectivity index (χ1) is 15.8. The molecule has 0 saturated heterocycles. The van der Waals surface area contributed by atoms with Crippen molar-refractivity contribution in [3.63, 3.8) is 0 Å². The lowest BCUT2D eigenvalue weighted by molar-refractivity contribution is -0.114. The molecule has 0 spiro atoms. The van der Waals surface area contributed by atoms with E-state index in [0.29, 0.717) is 11.7 Å². The number of hydrogen-bond acceptors (Lipinski definition) is 4. The number of thioether (sulfide) groups is 1. The van der Waals surface area contributed by atoms with Crippen LogP contribution in [0.4, 0.5) is 4.39 Å². The van der Waals surface area contributed by atoms with Crippen LogP contribution in [-0.4, -0.2) is 31.5 Å². The maximum atomic E-state index is 13.4. The van der Waals surface area contributed by atoms with Crippen molar-refractivity contribution in [1.82, 2.24) is 9.58 Å². The summed E-state index contributed by atoms with van der Waals surface area (Å²) in [6.07, 6.45) is 1.75. The van der Waals surface area contributed by atoms with Gasteiger partial charge in [-0.1, -0.05) is 44.2 Å². The Morgan fingerprint density at radius 2 is 1.88 bits per heavy atom. The number of carbonyl (C=O) groups is 1. The molecule has 1 amide bonds. The van der Waals surface area contributed by atoms with Crippen molar-refractivity contribution in [1.29, 1.82) is 5.41 Å². The fraction of sp³-hybridized carbons (Fsp3) is 0.200. The van der Waals surface area contributed by atoms with Crippen molar-refractivity contribution >= 4 is 50.7 Å². The van der Waals surface area contributed by atoms with Crippen LogP contribution in [0.5, 0.6) is 0 Å². The molecule has 1 N–H and O–H groups in total. The van der Waals surface area contributed by atoms with Gasteiger partial charge < -0.3 is 4.57 Å². The molecule has 33 heavy (non-hydrogen) atoms. The zero-order chi connectivity index (χ0) is 23.3. The standard InChI is InChI=1S/C25H22FN5OS/c1-14(2)24-29-31-22(27)20(23(32)28-25(31)33-24)12-19-15(3)30(21-7-5-4-6-18(19)21)13-16-8-10-17(26)11-9-16/h4-12,14,27H,13H2,1-3H3/b20-12-,27-22?. The average molecular weight is 460 g/mol. The van der Waals surface area contributed by atoms with Gasteiger partial charge >= 0.3 is 0 Å². The van der Waals surface area contributed by atoms with Crippen LogP contribution >= 0.6 is 11.8 Å². The van der Waals surface area contributed by atoms with Gasteiger partial charge in [-0.15, -0.1) is 0 Å². The Hall–Kier alpha value is -3.52. The zero-order valence-electron chi connectivity index (χ0n) is 18.5.